The second-order valence-electron chi connectivity index (χ2n) is 8.66. The first kappa shape index (κ1) is 19.9. The maximum atomic E-state index is 14.4. The number of rotatable bonds is 5. The highest BCUT2D eigenvalue weighted by atomic mass is 19.1. The van der Waals surface area contributed by atoms with Crippen molar-refractivity contribution in [1.29, 1.82) is 0 Å². The molecule has 3 aromatic heterocycles. The number of anilines is 2. The SMILES string of the molecule is CNc1cc(F)cc2c1[nH]c1nc(Oc3cnc(OC)nc3)nc(N3C[C@H](N)C4(CC4)C3)c12. The first-order chi connectivity index (χ1) is 16.0. The van der Waals surface area contributed by atoms with Gasteiger partial charge in [-0.25, -0.2) is 4.39 Å². The van der Waals surface area contributed by atoms with E-state index < -0.39 is 0 Å². The summed E-state index contributed by atoms with van der Waals surface area (Å²) in [5.41, 5.74) is 8.54. The lowest BCUT2D eigenvalue weighted by molar-refractivity contribution is 0.373. The molecule has 1 spiro atoms. The van der Waals surface area contributed by atoms with Crippen LogP contribution in [-0.2, 0) is 0 Å². The second-order valence-corrected chi connectivity index (χ2v) is 8.66. The molecule has 11 heteroatoms. The zero-order valence-corrected chi connectivity index (χ0v) is 18.2. The van der Waals surface area contributed by atoms with E-state index in [4.69, 9.17) is 20.2 Å². The number of nitrogens with one attached hydrogen (secondary N) is 2. The van der Waals surface area contributed by atoms with Crippen molar-refractivity contribution in [3.63, 3.8) is 0 Å². The highest BCUT2D eigenvalue weighted by Gasteiger charge is 2.54. The molecule has 0 amide bonds. The van der Waals surface area contributed by atoms with Gasteiger partial charge in [-0.05, 0) is 25.0 Å². The van der Waals surface area contributed by atoms with E-state index in [1.807, 2.05) is 0 Å². The Labute approximate surface area is 188 Å². The number of fused-ring (bicyclic) bond motifs is 3. The molecular weight excluding hydrogens is 427 g/mol. The first-order valence-corrected chi connectivity index (χ1v) is 10.7. The highest BCUT2D eigenvalue weighted by Crippen LogP contribution is 2.53. The molecule has 1 aromatic carbocycles. The van der Waals surface area contributed by atoms with Crippen molar-refractivity contribution in [1.82, 2.24) is 24.9 Å². The van der Waals surface area contributed by atoms with Gasteiger partial charge in [0.1, 0.15) is 17.3 Å². The largest absolute Gasteiger partial charge is 0.467 e. The Bertz CT molecular complexity index is 1370. The van der Waals surface area contributed by atoms with Crippen LogP contribution in [0.25, 0.3) is 21.9 Å². The lowest BCUT2D eigenvalue weighted by atomic mass is 10.0. The van der Waals surface area contributed by atoms with Gasteiger partial charge in [-0.15, -0.1) is 0 Å². The molecule has 170 valence electrons. The number of nitrogens with two attached hydrogens (primary N) is 1. The zero-order chi connectivity index (χ0) is 22.7. The minimum Gasteiger partial charge on any atom is -0.467 e. The molecule has 1 atom stereocenters. The van der Waals surface area contributed by atoms with Gasteiger partial charge in [0.05, 0.1) is 36.1 Å². The molecule has 0 unspecified atom stereocenters. The molecular formula is C22H23FN8O2. The van der Waals surface area contributed by atoms with Crippen molar-refractivity contribution < 1.29 is 13.9 Å². The third-order valence-electron chi connectivity index (χ3n) is 6.65. The summed E-state index contributed by atoms with van der Waals surface area (Å²) in [7, 11) is 3.24. The van der Waals surface area contributed by atoms with E-state index in [0.717, 1.165) is 30.3 Å². The van der Waals surface area contributed by atoms with Crippen molar-refractivity contribution in [3.8, 4) is 17.8 Å². The van der Waals surface area contributed by atoms with Crippen molar-refractivity contribution in [3.05, 3.63) is 30.3 Å². The van der Waals surface area contributed by atoms with E-state index in [9.17, 15) is 4.39 Å². The van der Waals surface area contributed by atoms with Crippen LogP contribution < -0.4 is 25.4 Å². The molecule has 33 heavy (non-hydrogen) atoms. The molecule has 1 aliphatic heterocycles. The van der Waals surface area contributed by atoms with Gasteiger partial charge in [0.2, 0.25) is 0 Å². The predicted octanol–water partition coefficient (Wildman–Crippen LogP) is 2.81. The fourth-order valence-electron chi connectivity index (χ4n) is 4.71. The van der Waals surface area contributed by atoms with Gasteiger partial charge in [0.15, 0.2) is 5.75 Å². The topological polar surface area (TPSA) is 127 Å². The monoisotopic (exact) mass is 450 g/mol. The van der Waals surface area contributed by atoms with Gasteiger partial charge in [-0.2, -0.15) is 19.9 Å². The van der Waals surface area contributed by atoms with Crippen LogP contribution in [0.1, 0.15) is 12.8 Å². The predicted molar refractivity (Wildman–Crippen MR) is 121 cm³/mol. The summed E-state index contributed by atoms with van der Waals surface area (Å²) in [6, 6.07) is 3.38. The summed E-state index contributed by atoms with van der Waals surface area (Å²) in [5.74, 6) is 0.699. The fourth-order valence-corrected chi connectivity index (χ4v) is 4.71. The Hall–Kier alpha value is -3.73. The van der Waals surface area contributed by atoms with E-state index in [1.54, 1.807) is 7.05 Å². The molecule has 0 bridgehead atoms. The van der Waals surface area contributed by atoms with Gasteiger partial charge < -0.3 is 30.4 Å². The summed E-state index contributed by atoms with van der Waals surface area (Å²) >= 11 is 0. The number of aromatic amines is 1. The summed E-state index contributed by atoms with van der Waals surface area (Å²) in [6.45, 7) is 1.46. The molecule has 0 radical (unpaired) electrons. The second kappa shape index (κ2) is 7.14. The number of aromatic nitrogens is 5. The van der Waals surface area contributed by atoms with E-state index in [-0.39, 0.29) is 29.3 Å². The molecule has 10 nitrogen and oxygen atoms in total. The van der Waals surface area contributed by atoms with Gasteiger partial charge in [-0.1, -0.05) is 0 Å². The van der Waals surface area contributed by atoms with Crippen LogP contribution in [0.4, 0.5) is 15.9 Å². The minimum atomic E-state index is -0.341. The molecule has 4 aromatic rings. The van der Waals surface area contributed by atoms with Crippen molar-refractivity contribution in [2.24, 2.45) is 11.1 Å². The fraction of sp³-hybridized carbons (Fsp3) is 0.364. The molecule has 4 heterocycles. The zero-order valence-electron chi connectivity index (χ0n) is 18.2. The average molecular weight is 450 g/mol. The average Bonchev–Trinajstić information content (AvgIpc) is 3.40. The van der Waals surface area contributed by atoms with Crippen molar-refractivity contribution >= 4 is 33.4 Å². The maximum absolute atomic E-state index is 14.4. The Morgan fingerprint density at radius 1 is 1.21 bits per heavy atom. The number of methoxy groups -OCH3 is 1. The van der Waals surface area contributed by atoms with Crippen LogP contribution in [-0.4, -0.2) is 58.2 Å². The molecule has 2 fully saturated rings. The Morgan fingerprint density at radius 3 is 2.67 bits per heavy atom. The lowest BCUT2D eigenvalue weighted by Gasteiger charge is -2.19. The number of benzene rings is 1. The molecule has 1 saturated carbocycles. The van der Waals surface area contributed by atoms with Gasteiger partial charge in [0.25, 0.3) is 0 Å². The van der Waals surface area contributed by atoms with Crippen LogP contribution >= 0.6 is 0 Å². The first-order valence-electron chi connectivity index (χ1n) is 10.7. The normalized spacial score (nSPS) is 18.9. The minimum absolute atomic E-state index is 0.0664. The number of hydrogen-bond donors (Lipinski definition) is 3. The summed E-state index contributed by atoms with van der Waals surface area (Å²) in [4.78, 5) is 22.9. The maximum Gasteiger partial charge on any atom is 0.326 e. The molecule has 4 N–H and O–H groups in total. The van der Waals surface area contributed by atoms with Crippen molar-refractivity contribution in [2.45, 2.75) is 18.9 Å². The Morgan fingerprint density at radius 2 is 2.00 bits per heavy atom. The van der Waals surface area contributed by atoms with Gasteiger partial charge in [0, 0.05) is 37.0 Å². The lowest BCUT2D eigenvalue weighted by Crippen LogP contribution is -2.30. The number of hydrogen-bond acceptors (Lipinski definition) is 9. The van der Waals surface area contributed by atoms with Crippen LogP contribution in [0.15, 0.2) is 24.5 Å². The standard InChI is InChI=1S/C22H23FN8O2/c1-25-14-6-11(23)5-13-16-18(28-17(13)14)29-21(33-12-7-26-20(32-2)27-8-12)30-19(16)31-9-15(24)22(10-31)3-4-22/h5-8,15,25H,3-4,9-10,24H2,1-2H3,(H,28,29,30)/t15-/m0/s1. The summed E-state index contributed by atoms with van der Waals surface area (Å²) < 4.78 is 25.3. The van der Waals surface area contributed by atoms with Gasteiger partial charge in [-0.3, -0.25) is 0 Å². The van der Waals surface area contributed by atoms with Crippen LogP contribution in [0.3, 0.4) is 0 Å². The number of nitrogens with zero attached hydrogens (tertiary/aromatic N) is 5. The number of H-pyrrole nitrogens is 1. The molecule has 2 aliphatic rings. The van der Waals surface area contributed by atoms with Crippen LogP contribution in [0, 0.1) is 11.2 Å². The van der Waals surface area contributed by atoms with E-state index in [0.29, 0.717) is 34.8 Å². The van der Waals surface area contributed by atoms with Crippen LogP contribution in [0.5, 0.6) is 17.8 Å². The Balaban J connectivity index is 1.52. The van der Waals surface area contributed by atoms with Crippen LogP contribution in [0.2, 0.25) is 0 Å². The number of ether oxygens (including phenoxy) is 2. The third kappa shape index (κ3) is 3.18. The highest BCUT2D eigenvalue weighted by molar-refractivity contribution is 6.14. The molecule has 1 saturated heterocycles. The molecule has 1 aliphatic carbocycles. The van der Waals surface area contributed by atoms with E-state index in [2.05, 4.69) is 30.2 Å². The third-order valence-corrected chi connectivity index (χ3v) is 6.65. The molecule has 6 rings (SSSR count). The van der Waals surface area contributed by atoms with Crippen molar-refractivity contribution in [2.75, 3.05) is 37.5 Å². The van der Waals surface area contributed by atoms with Gasteiger partial charge >= 0.3 is 12.0 Å². The Kier molecular flexibility index (Phi) is 4.31. The quantitative estimate of drug-likeness (QED) is 0.420. The smallest absolute Gasteiger partial charge is 0.326 e. The summed E-state index contributed by atoms with van der Waals surface area (Å²) in [6.07, 6.45) is 5.20. The van der Waals surface area contributed by atoms with E-state index >= 15 is 0 Å². The summed E-state index contributed by atoms with van der Waals surface area (Å²) in [5, 5.41) is 4.49. The number of halogens is 1. The van der Waals surface area contributed by atoms with E-state index in [1.165, 1.54) is 31.6 Å².